The summed E-state index contributed by atoms with van der Waals surface area (Å²) in [7, 11) is -3.05. The van der Waals surface area contributed by atoms with Gasteiger partial charge in [-0.25, -0.2) is 17.2 Å². The molecule has 0 aromatic heterocycles. The van der Waals surface area contributed by atoms with Gasteiger partial charge < -0.3 is 5.32 Å². The molecule has 2 rings (SSSR count). The predicted molar refractivity (Wildman–Crippen MR) is 87.9 cm³/mol. The Morgan fingerprint density at radius 2 is 1.88 bits per heavy atom. The highest BCUT2D eigenvalue weighted by Crippen LogP contribution is 2.20. The summed E-state index contributed by atoms with van der Waals surface area (Å²) in [5.74, 6) is -3.05. The third-order valence-corrected chi connectivity index (χ3v) is 5.11. The smallest absolute Gasteiger partial charge is 0.270 e. The molecule has 138 valence electrons. The third-order valence-electron chi connectivity index (χ3n) is 3.31. The normalized spacial score (nSPS) is 11.4. The van der Waals surface area contributed by atoms with Crippen molar-refractivity contribution in [2.75, 3.05) is 18.9 Å². The first kappa shape index (κ1) is 19.4. The van der Waals surface area contributed by atoms with E-state index in [1.165, 1.54) is 6.07 Å². The Bertz CT molecular complexity index is 966. The Hall–Kier alpha value is -2.92. The van der Waals surface area contributed by atoms with Gasteiger partial charge in [-0.15, -0.1) is 0 Å². The number of carbonyl (C=O) groups is 1. The number of carbonyl (C=O) groups excluding carboxylic acids is 1. The van der Waals surface area contributed by atoms with Gasteiger partial charge in [0.15, 0.2) is 11.6 Å². The minimum absolute atomic E-state index is 0.0463. The SMILES string of the molecule is CN(CC(=O)Nc1ccc(F)c(F)c1)S(=O)(=O)c1cccc([N+](=O)[O-])c1. The summed E-state index contributed by atoms with van der Waals surface area (Å²) in [5, 5.41) is 13.0. The molecular weight excluding hydrogens is 372 g/mol. The summed E-state index contributed by atoms with van der Waals surface area (Å²) in [6.07, 6.45) is 0. The van der Waals surface area contributed by atoms with E-state index in [9.17, 15) is 32.1 Å². The van der Waals surface area contributed by atoms with E-state index in [4.69, 9.17) is 0 Å². The summed E-state index contributed by atoms with van der Waals surface area (Å²) in [6, 6.07) is 7.06. The van der Waals surface area contributed by atoms with Crippen LogP contribution in [0.3, 0.4) is 0 Å². The van der Waals surface area contributed by atoms with E-state index in [1.54, 1.807) is 0 Å². The molecule has 2 aromatic rings. The maximum Gasteiger partial charge on any atom is 0.270 e. The summed E-state index contributed by atoms with van der Waals surface area (Å²) < 4.78 is 51.5. The van der Waals surface area contributed by atoms with Crippen LogP contribution >= 0.6 is 0 Å². The number of amides is 1. The quantitative estimate of drug-likeness (QED) is 0.605. The second kappa shape index (κ2) is 7.54. The topological polar surface area (TPSA) is 110 Å². The second-order valence-corrected chi connectivity index (χ2v) is 7.24. The zero-order valence-corrected chi connectivity index (χ0v) is 14.2. The van der Waals surface area contributed by atoms with Crippen LogP contribution < -0.4 is 5.32 Å². The number of nitrogens with zero attached hydrogens (tertiary/aromatic N) is 2. The number of nitro groups is 1. The molecule has 0 radical (unpaired) electrons. The van der Waals surface area contributed by atoms with E-state index >= 15 is 0 Å². The van der Waals surface area contributed by atoms with Crippen molar-refractivity contribution in [3.05, 3.63) is 64.2 Å². The number of halogens is 2. The van der Waals surface area contributed by atoms with Crippen molar-refractivity contribution in [2.24, 2.45) is 0 Å². The molecule has 0 aliphatic rings. The Balaban J connectivity index is 2.13. The number of nitro benzene ring substituents is 1. The van der Waals surface area contributed by atoms with E-state index in [-0.39, 0.29) is 10.6 Å². The lowest BCUT2D eigenvalue weighted by atomic mass is 10.3. The van der Waals surface area contributed by atoms with E-state index in [0.717, 1.165) is 43.4 Å². The van der Waals surface area contributed by atoms with Gasteiger partial charge in [-0.1, -0.05) is 6.07 Å². The molecule has 0 saturated heterocycles. The van der Waals surface area contributed by atoms with Crippen LogP contribution in [0.5, 0.6) is 0 Å². The minimum Gasteiger partial charge on any atom is -0.325 e. The third kappa shape index (κ3) is 4.37. The van der Waals surface area contributed by atoms with Gasteiger partial charge in [0, 0.05) is 30.9 Å². The number of anilines is 1. The molecule has 1 N–H and O–H groups in total. The highest BCUT2D eigenvalue weighted by Gasteiger charge is 2.24. The summed E-state index contributed by atoms with van der Waals surface area (Å²) in [5.41, 5.74) is -0.458. The van der Waals surface area contributed by atoms with Crippen LogP contribution in [0.4, 0.5) is 20.2 Å². The van der Waals surface area contributed by atoms with Crippen molar-refractivity contribution in [3.8, 4) is 0 Å². The first-order valence-electron chi connectivity index (χ1n) is 7.07. The molecular formula is C15H13F2N3O5S. The van der Waals surface area contributed by atoms with Crippen LogP contribution in [0.25, 0.3) is 0 Å². The molecule has 0 aliphatic heterocycles. The number of non-ortho nitro benzene ring substituents is 1. The van der Waals surface area contributed by atoms with Crippen LogP contribution in [0.2, 0.25) is 0 Å². The summed E-state index contributed by atoms with van der Waals surface area (Å²) >= 11 is 0. The zero-order chi connectivity index (χ0) is 19.5. The van der Waals surface area contributed by atoms with Gasteiger partial charge in [0.25, 0.3) is 5.69 Å². The molecule has 0 unspecified atom stereocenters. The highest BCUT2D eigenvalue weighted by molar-refractivity contribution is 7.89. The fraction of sp³-hybridized carbons (Fsp3) is 0.133. The van der Waals surface area contributed by atoms with Crippen LogP contribution in [0.1, 0.15) is 0 Å². The lowest BCUT2D eigenvalue weighted by Gasteiger charge is -2.17. The molecule has 11 heteroatoms. The van der Waals surface area contributed by atoms with Gasteiger partial charge >= 0.3 is 0 Å². The van der Waals surface area contributed by atoms with E-state index in [1.807, 2.05) is 0 Å². The van der Waals surface area contributed by atoms with E-state index < -0.39 is 44.7 Å². The largest absolute Gasteiger partial charge is 0.325 e. The molecule has 2 aromatic carbocycles. The van der Waals surface area contributed by atoms with Crippen molar-refractivity contribution in [2.45, 2.75) is 4.90 Å². The summed E-state index contributed by atoms with van der Waals surface area (Å²) in [4.78, 5) is 21.6. The predicted octanol–water partition coefficient (Wildman–Crippen LogP) is 2.13. The van der Waals surface area contributed by atoms with E-state index in [2.05, 4.69) is 5.32 Å². The number of nitrogens with one attached hydrogen (secondary N) is 1. The molecule has 0 fully saturated rings. The monoisotopic (exact) mass is 385 g/mol. The molecule has 0 aliphatic carbocycles. The molecule has 0 atom stereocenters. The fourth-order valence-corrected chi connectivity index (χ4v) is 3.17. The lowest BCUT2D eigenvalue weighted by molar-refractivity contribution is -0.385. The Kier molecular flexibility index (Phi) is 5.63. The lowest BCUT2D eigenvalue weighted by Crippen LogP contribution is -2.35. The maximum atomic E-state index is 13.1. The van der Waals surface area contributed by atoms with Crippen molar-refractivity contribution in [3.63, 3.8) is 0 Å². The standard InChI is InChI=1S/C15H13F2N3O5S/c1-19(9-15(21)18-10-5-6-13(16)14(17)7-10)26(24,25)12-4-2-3-11(8-12)20(22)23/h2-8H,9H2,1H3,(H,18,21). The average molecular weight is 385 g/mol. The molecule has 0 saturated carbocycles. The van der Waals surface area contributed by atoms with Crippen molar-refractivity contribution in [1.82, 2.24) is 4.31 Å². The van der Waals surface area contributed by atoms with Gasteiger partial charge in [0.1, 0.15) is 0 Å². The number of rotatable bonds is 6. The van der Waals surface area contributed by atoms with E-state index in [0.29, 0.717) is 4.31 Å². The van der Waals surface area contributed by atoms with Gasteiger partial charge in [0.05, 0.1) is 16.4 Å². The second-order valence-electron chi connectivity index (χ2n) is 5.19. The van der Waals surface area contributed by atoms with Gasteiger partial charge in [-0.05, 0) is 18.2 Å². The van der Waals surface area contributed by atoms with Gasteiger partial charge in [0.2, 0.25) is 15.9 Å². The number of hydrogen-bond acceptors (Lipinski definition) is 5. The fourth-order valence-electron chi connectivity index (χ4n) is 2.00. The van der Waals surface area contributed by atoms with Crippen LogP contribution in [-0.2, 0) is 14.8 Å². The van der Waals surface area contributed by atoms with Gasteiger partial charge in [-0.2, -0.15) is 4.31 Å². The first-order chi connectivity index (χ1) is 12.1. The molecule has 0 bridgehead atoms. The number of likely N-dealkylation sites (N-methyl/N-ethyl adjacent to an activating group) is 1. The molecule has 0 spiro atoms. The van der Waals surface area contributed by atoms with Crippen LogP contribution in [0, 0.1) is 21.7 Å². The Morgan fingerprint density at radius 3 is 2.50 bits per heavy atom. The molecule has 1 amide bonds. The molecule has 0 heterocycles. The van der Waals surface area contributed by atoms with Crippen molar-refractivity contribution >= 4 is 27.3 Å². The van der Waals surface area contributed by atoms with Crippen molar-refractivity contribution in [1.29, 1.82) is 0 Å². The highest BCUT2D eigenvalue weighted by atomic mass is 32.2. The minimum atomic E-state index is -4.16. The number of sulfonamides is 1. The molecule has 26 heavy (non-hydrogen) atoms. The number of hydrogen-bond donors (Lipinski definition) is 1. The Labute approximate surface area is 147 Å². The number of benzene rings is 2. The molecule has 8 nitrogen and oxygen atoms in total. The average Bonchev–Trinajstić information content (AvgIpc) is 2.58. The van der Waals surface area contributed by atoms with Gasteiger partial charge in [-0.3, -0.25) is 14.9 Å². The Morgan fingerprint density at radius 1 is 1.19 bits per heavy atom. The van der Waals surface area contributed by atoms with Crippen molar-refractivity contribution < 1.29 is 26.9 Å². The summed E-state index contributed by atoms with van der Waals surface area (Å²) in [6.45, 7) is -0.635. The van der Waals surface area contributed by atoms with Crippen LogP contribution in [0.15, 0.2) is 47.4 Å². The maximum absolute atomic E-state index is 13.1. The van der Waals surface area contributed by atoms with Crippen LogP contribution in [-0.4, -0.2) is 37.1 Å². The first-order valence-corrected chi connectivity index (χ1v) is 8.51. The zero-order valence-electron chi connectivity index (χ0n) is 13.3.